The van der Waals surface area contributed by atoms with E-state index in [2.05, 4.69) is 24.4 Å². The van der Waals surface area contributed by atoms with E-state index in [0.29, 0.717) is 12.6 Å². The predicted octanol–water partition coefficient (Wildman–Crippen LogP) is 2.69. The van der Waals surface area contributed by atoms with Gasteiger partial charge in [-0.1, -0.05) is 24.3 Å². The molecular weight excluding hydrogens is 212 g/mol. The lowest BCUT2D eigenvalue weighted by Crippen LogP contribution is -2.45. The number of hydrogen-bond donors (Lipinski definition) is 1. The Morgan fingerprint density at radius 2 is 2.12 bits per heavy atom. The average Bonchev–Trinajstić information content (AvgIpc) is 2.26. The zero-order valence-electron chi connectivity index (χ0n) is 10.6. The molecule has 1 aromatic carbocycles. The van der Waals surface area contributed by atoms with Crippen LogP contribution in [0, 0.1) is 6.92 Å². The maximum Gasteiger partial charge on any atom is 0.317 e. The number of urea groups is 1. The Morgan fingerprint density at radius 1 is 1.41 bits per heavy atom. The van der Waals surface area contributed by atoms with Crippen LogP contribution in [-0.4, -0.2) is 24.0 Å². The molecule has 0 heterocycles. The lowest BCUT2D eigenvalue weighted by Gasteiger charge is -2.29. The van der Waals surface area contributed by atoms with Crippen LogP contribution in [0.4, 0.5) is 4.79 Å². The van der Waals surface area contributed by atoms with Crippen LogP contribution in [0.1, 0.15) is 30.4 Å². The van der Waals surface area contributed by atoms with Crippen LogP contribution in [0.2, 0.25) is 0 Å². The van der Waals surface area contributed by atoms with Gasteiger partial charge in [0.05, 0.1) is 0 Å². The summed E-state index contributed by atoms with van der Waals surface area (Å²) in [6.07, 6.45) is 3.50. The molecule has 0 unspecified atom stereocenters. The summed E-state index contributed by atoms with van der Waals surface area (Å²) in [7, 11) is 1.85. The largest absolute Gasteiger partial charge is 0.335 e. The number of carbonyl (C=O) groups is 1. The van der Waals surface area contributed by atoms with Gasteiger partial charge >= 0.3 is 6.03 Å². The third-order valence-electron chi connectivity index (χ3n) is 3.45. The van der Waals surface area contributed by atoms with Crippen molar-refractivity contribution in [1.29, 1.82) is 0 Å². The van der Waals surface area contributed by atoms with E-state index < -0.39 is 0 Å². The van der Waals surface area contributed by atoms with Gasteiger partial charge in [-0.2, -0.15) is 0 Å². The van der Waals surface area contributed by atoms with Gasteiger partial charge in [-0.3, -0.25) is 0 Å². The van der Waals surface area contributed by atoms with Crippen molar-refractivity contribution in [3.8, 4) is 0 Å². The molecule has 1 N–H and O–H groups in total. The van der Waals surface area contributed by atoms with E-state index in [9.17, 15) is 4.79 Å². The Balaban J connectivity index is 1.89. The first-order chi connectivity index (χ1) is 8.16. The summed E-state index contributed by atoms with van der Waals surface area (Å²) in [4.78, 5) is 13.6. The van der Waals surface area contributed by atoms with E-state index >= 15 is 0 Å². The number of nitrogens with one attached hydrogen (secondary N) is 1. The highest BCUT2D eigenvalue weighted by atomic mass is 16.2. The Kier molecular flexibility index (Phi) is 3.67. The van der Waals surface area contributed by atoms with E-state index in [0.717, 1.165) is 12.8 Å². The SMILES string of the molecule is Cc1ccccc1CN(C)C(=O)NC1CCC1. The molecule has 1 aliphatic carbocycles. The molecule has 0 aromatic heterocycles. The van der Waals surface area contributed by atoms with E-state index in [1.807, 2.05) is 19.2 Å². The predicted molar refractivity (Wildman–Crippen MR) is 68.8 cm³/mol. The number of nitrogens with zero attached hydrogens (tertiary/aromatic N) is 1. The molecule has 0 aliphatic heterocycles. The minimum absolute atomic E-state index is 0.0398. The van der Waals surface area contributed by atoms with Crippen LogP contribution in [0.25, 0.3) is 0 Å². The second-order valence-electron chi connectivity index (χ2n) is 4.86. The van der Waals surface area contributed by atoms with Crippen molar-refractivity contribution in [1.82, 2.24) is 10.2 Å². The van der Waals surface area contributed by atoms with Crippen LogP contribution in [0.15, 0.2) is 24.3 Å². The first kappa shape index (κ1) is 12.0. The van der Waals surface area contributed by atoms with Crippen molar-refractivity contribution in [3.05, 3.63) is 35.4 Å². The summed E-state index contributed by atoms with van der Waals surface area (Å²) >= 11 is 0. The Morgan fingerprint density at radius 3 is 2.71 bits per heavy atom. The molecule has 1 saturated carbocycles. The van der Waals surface area contributed by atoms with Crippen LogP contribution >= 0.6 is 0 Å². The molecule has 0 radical (unpaired) electrons. The fraction of sp³-hybridized carbons (Fsp3) is 0.500. The van der Waals surface area contributed by atoms with Gasteiger partial charge < -0.3 is 10.2 Å². The molecular formula is C14H20N2O. The van der Waals surface area contributed by atoms with Gasteiger partial charge in [-0.25, -0.2) is 4.79 Å². The third kappa shape index (κ3) is 2.99. The molecule has 92 valence electrons. The first-order valence-electron chi connectivity index (χ1n) is 6.23. The fourth-order valence-corrected chi connectivity index (χ4v) is 1.95. The molecule has 3 heteroatoms. The second kappa shape index (κ2) is 5.21. The van der Waals surface area contributed by atoms with Gasteiger partial charge in [0.25, 0.3) is 0 Å². The number of benzene rings is 1. The van der Waals surface area contributed by atoms with Crippen molar-refractivity contribution in [2.24, 2.45) is 0 Å². The lowest BCUT2D eigenvalue weighted by molar-refractivity contribution is 0.194. The van der Waals surface area contributed by atoms with Gasteiger partial charge in [0.2, 0.25) is 0 Å². The smallest absolute Gasteiger partial charge is 0.317 e. The molecule has 1 fully saturated rings. The highest BCUT2D eigenvalue weighted by Crippen LogP contribution is 2.18. The van der Waals surface area contributed by atoms with Crippen molar-refractivity contribution >= 4 is 6.03 Å². The number of rotatable bonds is 3. The van der Waals surface area contributed by atoms with E-state index in [-0.39, 0.29) is 6.03 Å². The fourth-order valence-electron chi connectivity index (χ4n) is 1.95. The summed E-state index contributed by atoms with van der Waals surface area (Å²) in [6, 6.07) is 8.63. The summed E-state index contributed by atoms with van der Waals surface area (Å²) in [5.74, 6) is 0. The summed E-state index contributed by atoms with van der Waals surface area (Å²) < 4.78 is 0. The zero-order chi connectivity index (χ0) is 12.3. The van der Waals surface area contributed by atoms with Crippen molar-refractivity contribution < 1.29 is 4.79 Å². The molecule has 17 heavy (non-hydrogen) atoms. The third-order valence-corrected chi connectivity index (χ3v) is 3.45. The average molecular weight is 232 g/mol. The van der Waals surface area contributed by atoms with Crippen LogP contribution in [-0.2, 0) is 6.54 Å². The Labute approximate surface area is 103 Å². The molecule has 2 rings (SSSR count). The molecule has 2 amide bonds. The standard InChI is InChI=1S/C14H20N2O/c1-11-6-3-4-7-12(11)10-16(2)14(17)15-13-8-5-9-13/h3-4,6-7,13H,5,8-10H2,1-2H3,(H,15,17). The monoisotopic (exact) mass is 232 g/mol. The van der Waals surface area contributed by atoms with Gasteiger partial charge in [0.15, 0.2) is 0 Å². The Bertz CT molecular complexity index is 399. The topological polar surface area (TPSA) is 32.3 Å². The summed E-state index contributed by atoms with van der Waals surface area (Å²) in [5, 5.41) is 3.04. The molecule has 0 atom stereocenters. The summed E-state index contributed by atoms with van der Waals surface area (Å²) in [6.45, 7) is 2.75. The quantitative estimate of drug-likeness (QED) is 0.853. The van der Waals surface area contributed by atoms with Crippen LogP contribution < -0.4 is 5.32 Å². The molecule has 3 nitrogen and oxygen atoms in total. The normalized spacial score (nSPS) is 15.2. The lowest BCUT2D eigenvalue weighted by atomic mass is 9.93. The number of aryl methyl sites for hydroxylation is 1. The highest BCUT2D eigenvalue weighted by Gasteiger charge is 2.21. The minimum atomic E-state index is 0.0398. The highest BCUT2D eigenvalue weighted by molar-refractivity contribution is 5.74. The summed E-state index contributed by atoms with van der Waals surface area (Å²) in [5.41, 5.74) is 2.44. The van der Waals surface area contributed by atoms with Gasteiger partial charge in [0, 0.05) is 19.6 Å². The van der Waals surface area contributed by atoms with Crippen molar-refractivity contribution in [2.45, 2.75) is 38.8 Å². The second-order valence-corrected chi connectivity index (χ2v) is 4.86. The number of amides is 2. The molecule has 0 bridgehead atoms. The first-order valence-corrected chi connectivity index (χ1v) is 6.23. The van der Waals surface area contributed by atoms with Gasteiger partial charge in [-0.15, -0.1) is 0 Å². The molecule has 0 saturated heterocycles. The van der Waals surface area contributed by atoms with Gasteiger partial charge in [0.1, 0.15) is 0 Å². The zero-order valence-corrected chi connectivity index (χ0v) is 10.6. The minimum Gasteiger partial charge on any atom is -0.335 e. The maximum absolute atomic E-state index is 11.9. The molecule has 1 aliphatic rings. The molecule has 1 aromatic rings. The van der Waals surface area contributed by atoms with Gasteiger partial charge in [-0.05, 0) is 37.3 Å². The van der Waals surface area contributed by atoms with Crippen LogP contribution in [0.5, 0.6) is 0 Å². The maximum atomic E-state index is 11.9. The van der Waals surface area contributed by atoms with E-state index in [1.54, 1.807) is 4.90 Å². The molecule has 0 spiro atoms. The van der Waals surface area contributed by atoms with E-state index in [4.69, 9.17) is 0 Å². The van der Waals surface area contributed by atoms with E-state index in [1.165, 1.54) is 17.5 Å². The number of carbonyl (C=O) groups excluding carboxylic acids is 1. The Hall–Kier alpha value is -1.51. The van der Waals surface area contributed by atoms with Crippen molar-refractivity contribution in [2.75, 3.05) is 7.05 Å². The van der Waals surface area contributed by atoms with Crippen molar-refractivity contribution in [3.63, 3.8) is 0 Å². The number of hydrogen-bond acceptors (Lipinski definition) is 1. The van der Waals surface area contributed by atoms with Crippen LogP contribution in [0.3, 0.4) is 0 Å².